The first-order valence-corrected chi connectivity index (χ1v) is 24.1. The molecule has 0 atom stereocenters. The number of rotatable bonds is 4. The minimum absolute atomic E-state index is 0.142. The zero-order chi connectivity index (χ0) is 43.6. The number of benzene rings is 10. The van der Waals surface area contributed by atoms with Gasteiger partial charge in [-0.25, -0.2) is 0 Å². The second kappa shape index (κ2) is 14.5. The number of nitrogens with zero attached hydrogens (tertiary/aromatic N) is 2. The maximum absolute atomic E-state index is 2.51. The number of hydrogen-bond donors (Lipinski definition) is 0. The Hall–Kier alpha value is -6.98. The highest BCUT2D eigenvalue weighted by Gasteiger charge is 2.36. The standard InChI is InChI=1S/C61H44N2S2/c1-37-31-38(2)33-40(32-37)60-46-30-27-41(62-51-17-7-11-21-55(51)64-56-22-12-8-18-52(56)62)35-47(46)59(39-25-28-44-43-15-5-6-16-49(43)61(3,4)50(44)34-39)45-29-26-42(36-48(45)60)63-53-19-9-13-23-57(53)65-58-24-14-10-20-54(58)63/h5-36H,1-4H3. The number of hydrogen-bond acceptors (Lipinski definition) is 4. The van der Waals surface area contributed by atoms with Gasteiger partial charge in [-0.2, -0.15) is 0 Å². The fourth-order valence-corrected chi connectivity index (χ4v) is 13.2. The average Bonchev–Trinajstić information content (AvgIpc) is 3.56. The first-order valence-electron chi connectivity index (χ1n) is 22.5. The molecule has 10 aromatic carbocycles. The highest BCUT2D eigenvalue weighted by atomic mass is 32.2. The van der Waals surface area contributed by atoms with Crippen molar-refractivity contribution < 1.29 is 0 Å². The third-order valence-electron chi connectivity index (χ3n) is 13.8. The molecule has 0 amide bonds. The molecule has 0 radical (unpaired) electrons. The van der Waals surface area contributed by atoms with Crippen LogP contribution in [0.5, 0.6) is 0 Å². The van der Waals surface area contributed by atoms with Gasteiger partial charge in [-0.1, -0.05) is 164 Å². The number of fused-ring (bicyclic) bond motifs is 9. The molecule has 310 valence electrons. The molecule has 65 heavy (non-hydrogen) atoms. The van der Waals surface area contributed by atoms with E-state index in [-0.39, 0.29) is 5.41 Å². The van der Waals surface area contributed by atoms with E-state index in [1.54, 1.807) is 0 Å². The molecule has 0 spiro atoms. The van der Waals surface area contributed by atoms with Crippen molar-refractivity contribution in [1.82, 2.24) is 0 Å². The number of para-hydroxylation sites is 4. The average molecular weight is 869 g/mol. The molecule has 0 aromatic heterocycles. The Morgan fingerprint density at radius 3 is 1.29 bits per heavy atom. The van der Waals surface area contributed by atoms with Crippen molar-refractivity contribution in [3.8, 4) is 33.4 Å². The molecule has 0 bridgehead atoms. The van der Waals surface area contributed by atoms with Crippen LogP contribution < -0.4 is 9.80 Å². The quantitative estimate of drug-likeness (QED) is 0.163. The topological polar surface area (TPSA) is 6.48 Å². The molecule has 0 fully saturated rings. The first-order chi connectivity index (χ1) is 31.8. The first kappa shape index (κ1) is 38.5. The maximum atomic E-state index is 2.51. The van der Waals surface area contributed by atoms with Gasteiger partial charge in [0.05, 0.1) is 22.7 Å². The summed E-state index contributed by atoms with van der Waals surface area (Å²) in [5, 5.41) is 4.96. The SMILES string of the molecule is Cc1cc(C)cc(-c2c3ccc(N4c5ccccc5Sc5ccccc54)cc3c(-c3ccc4c(c3)C(C)(C)c3ccccc3-4)c3ccc(N4c5ccccc5Sc5ccccc54)cc23)c1. The van der Waals surface area contributed by atoms with Crippen LogP contribution in [0, 0.1) is 13.8 Å². The van der Waals surface area contributed by atoms with Crippen LogP contribution in [0.3, 0.4) is 0 Å². The highest BCUT2D eigenvalue weighted by Crippen LogP contribution is 2.56. The minimum Gasteiger partial charge on any atom is -0.308 e. The Morgan fingerprint density at radius 1 is 0.354 bits per heavy atom. The molecule has 0 N–H and O–H groups in total. The van der Waals surface area contributed by atoms with Gasteiger partial charge in [0.25, 0.3) is 0 Å². The van der Waals surface area contributed by atoms with Gasteiger partial charge in [-0.3, -0.25) is 0 Å². The molecule has 2 nitrogen and oxygen atoms in total. The summed E-state index contributed by atoms with van der Waals surface area (Å²) < 4.78 is 0. The van der Waals surface area contributed by atoms with Crippen molar-refractivity contribution in [2.24, 2.45) is 0 Å². The lowest BCUT2D eigenvalue weighted by Gasteiger charge is -2.34. The molecule has 2 heterocycles. The van der Waals surface area contributed by atoms with Crippen LogP contribution in [0.1, 0.15) is 36.1 Å². The van der Waals surface area contributed by atoms with E-state index in [1.807, 2.05) is 23.5 Å². The van der Waals surface area contributed by atoms with Gasteiger partial charge >= 0.3 is 0 Å². The molecule has 0 unspecified atom stereocenters. The molecule has 10 aromatic rings. The predicted octanol–water partition coefficient (Wildman–Crippen LogP) is 18.1. The molecule has 0 saturated carbocycles. The van der Waals surface area contributed by atoms with E-state index in [0.29, 0.717) is 0 Å². The van der Waals surface area contributed by atoms with Crippen LogP contribution in [-0.2, 0) is 5.41 Å². The largest absolute Gasteiger partial charge is 0.308 e. The Bertz CT molecular complexity index is 3530. The molecular weight excluding hydrogens is 825 g/mol. The van der Waals surface area contributed by atoms with E-state index in [1.165, 1.54) is 120 Å². The molecule has 0 saturated heterocycles. The monoisotopic (exact) mass is 868 g/mol. The smallest absolute Gasteiger partial charge is 0.0601 e. The van der Waals surface area contributed by atoms with Gasteiger partial charge in [0.2, 0.25) is 0 Å². The van der Waals surface area contributed by atoms with E-state index in [2.05, 4.69) is 232 Å². The summed E-state index contributed by atoms with van der Waals surface area (Å²) in [6.07, 6.45) is 0. The van der Waals surface area contributed by atoms with Crippen molar-refractivity contribution in [3.05, 3.63) is 216 Å². The normalized spacial score (nSPS) is 14.1. The summed E-state index contributed by atoms with van der Waals surface area (Å²) in [6.45, 7) is 9.24. The zero-order valence-corrected chi connectivity index (χ0v) is 38.3. The van der Waals surface area contributed by atoms with Crippen LogP contribution in [0.4, 0.5) is 34.1 Å². The second-order valence-electron chi connectivity index (χ2n) is 18.3. The third kappa shape index (κ3) is 5.90. The summed E-state index contributed by atoms with van der Waals surface area (Å²) in [5.74, 6) is 0. The summed E-state index contributed by atoms with van der Waals surface area (Å²) >= 11 is 3.70. The van der Waals surface area contributed by atoms with E-state index in [4.69, 9.17) is 0 Å². The lowest BCUT2D eigenvalue weighted by atomic mass is 9.80. The Balaban J connectivity index is 1.14. The van der Waals surface area contributed by atoms with Crippen molar-refractivity contribution in [1.29, 1.82) is 0 Å². The summed E-state index contributed by atoms with van der Waals surface area (Å²) in [5.41, 5.74) is 19.9. The van der Waals surface area contributed by atoms with Crippen molar-refractivity contribution in [3.63, 3.8) is 0 Å². The molecular formula is C61H44N2S2. The van der Waals surface area contributed by atoms with E-state index in [0.717, 1.165) is 11.4 Å². The second-order valence-corrected chi connectivity index (χ2v) is 20.4. The molecule has 4 heteroatoms. The predicted molar refractivity (Wildman–Crippen MR) is 277 cm³/mol. The maximum Gasteiger partial charge on any atom is 0.0601 e. The van der Waals surface area contributed by atoms with Gasteiger partial charge < -0.3 is 9.80 Å². The number of anilines is 6. The van der Waals surface area contributed by atoms with Crippen LogP contribution in [-0.4, -0.2) is 0 Å². The van der Waals surface area contributed by atoms with E-state index in [9.17, 15) is 0 Å². The number of aryl methyl sites for hydroxylation is 2. The van der Waals surface area contributed by atoms with Crippen LogP contribution in [0.25, 0.3) is 54.9 Å². The molecule has 3 aliphatic rings. The van der Waals surface area contributed by atoms with Crippen molar-refractivity contribution in [2.45, 2.75) is 52.7 Å². The van der Waals surface area contributed by atoms with Gasteiger partial charge in [-0.15, -0.1) is 0 Å². The van der Waals surface area contributed by atoms with Crippen LogP contribution >= 0.6 is 23.5 Å². The zero-order valence-electron chi connectivity index (χ0n) is 36.7. The van der Waals surface area contributed by atoms with E-state index < -0.39 is 0 Å². The molecule has 2 aliphatic heterocycles. The highest BCUT2D eigenvalue weighted by molar-refractivity contribution is 8.00. The lowest BCUT2D eigenvalue weighted by Crippen LogP contribution is -2.15. The van der Waals surface area contributed by atoms with E-state index >= 15 is 0 Å². The van der Waals surface area contributed by atoms with Crippen LogP contribution in [0.2, 0.25) is 0 Å². The summed E-state index contributed by atoms with van der Waals surface area (Å²) in [4.78, 5) is 9.97. The third-order valence-corrected chi connectivity index (χ3v) is 16.1. The Morgan fingerprint density at radius 2 is 0.785 bits per heavy atom. The van der Waals surface area contributed by atoms with Gasteiger partial charge in [0, 0.05) is 36.4 Å². The lowest BCUT2D eigenvalue weighted by molar-refractivity contribution is 0.660. The Labute approximate surface area is 389 Å². The van der Waals surface area contributed by atoms with Crippen molar-refractivity contribution in [2.75, 3.05) is 9.80 Å². The Kier molecular flexibility index (Phi) is 8.59. The van der Waals surface area contributed by atoms with Gasteiger partial charge in [0.15, 0.2) is 0 Å². The molecule has 13 rings (SSSR count). The van der Waals surface area contributed by atoms with Crippen LogP contribution in [0.15, 0.2) is 214 Å². The summed E-state index contributed by atoms with van der Waals surface area (Å²) in [7, 11) is 0. The molecule has 1 aliphatic carbocycles. The summed E-state index contributed by atoms with van der Waals surface area (Å²) in [6, 6.07) is 73.1. The van der Waals surface area contributed by atoms with Crippen molar-refractivity contribution >= 4 is 79.2 Å². The minimum atomic E-state index is -0.142. The van der Waals surface area contributed by atoms with Gasteiger partial charge in [0.1, 0.15) is 0 Å². The van der Waals surface area contributed by atoms with Gasteiger partial charge in [-0.05, 0) is 159 Å². The fraction of sp³-hybridized carbons (Fsp3) is 0.0820. The fourth-order valence-electron chi connectivity index (χ4n) is 11.0.